The number of hydrogen-bond donors (Lipinski definition) is 2. The summed E-state index contributed by atoms with van der Waals surface area (Å²) in [5.41, 5.74) is 7.97. The average molecular weight is 426 g/mol. The number of nitrogens with two attached hydrogens (primary N) is 1. The Morgan fingerprint density at radius 3 is 2.40 bits per heavy atom. The lowest BCUT2D eigenvalue weighted by molar-refractivity contribution is 0.320. The number of aromatic nitrogens is 1. The molecule has 1 aliphatic rings. The van der Waals surface area contributed by atoms with E-state index in [1.165, 1.54) is 11.3 Å². The first-order valence-corrected chi connectivity index (χ1v) is 10.0. The number of nitrogens with zero attached hydrogens (tertiary/aromatic N) is 2. The lowest BCUT2D eigenvalue weighted by atomic mass is 10.1. The van der Waals surface area contributed by atoms with Crippen molar-refractivity contribution in [3.63, 3.8) is 0 Å². The fourth-order valence-electron chi connectivity index (χ4n) is 3.16. The van der Waals surface area contributed by atoms with Crippen LogP contribution in [-0.2, 0) is 4.74 Å². The van der Waals surface area contributed by atoms with Crippen LogP contribution in [0.1, 0.15) is 16.5 Å². The minimum atomic E-state index is -0.0470. The molecule has 3 aromatic rings. The molecule has 1 aromatic heterocycles. The van der Waals surface area contributed by atoms with Gasteiger partial charge in [-0.1, -0.05) is 41.7 Å². The highest BCUT2D eigenvalue weighted by molar-refractivity contribution is 7.18. The van der Waals surface area contributed by atoms with Gasteiger partial charge in [-0.15, -0.1) is 0 Å². The molecule has 0 amide bonds. The molecule has 1 aliphatic heterocycles. The fraction of sp³-hybridized carbons (Fsp3) is 0.238. The van der Waals surface area contributed by atoms with Crippen molar-refractivity contribution in [3.8, 4) is 17.2 Å². The molecular weight excluding hydrogens is 404 g/mol. The highest BCUT2D eigenvalue weighted by Gasteiger charge is 2.25. The van der Waals surface area contributed by atoms with Gasteiger partial charge in [0.25, 0.3) is 0 Å². The lowest BCUT2D eigenvalue weighted by Gasteiger charge is -2.14. The number of benzene rings is 2. The first kappa shape index (κ1) is 19.8. The van der Waals surface area contributed by atoms with Crippen LogP contribution < -0.4 is 25.3 Å². The summed E-state index contributed by atoms with van der Waals surface area (Å²) in [7, 11) is 4.70. The molecular formula is C21H22N4O4S. The number of rotatable bonds is 7. The Morgan fingerprint density at radius 2 is 1.77 bits per heavy atom. The van der Waals surface area contributed by atoms with Crippen LogP contribution in [0.2, 0.25) is 0 Å². The van der Waals surface area contributed by atoms with Crippen LogP contribution in [0.15, 0.2) is 47.5 Å². The zero-order valence-corrected chi connectivity index (χ0v) is 17.7. The Balaban J connectivity index is 1.58. The summed E-state index contributed by atoms with van der Waals surface area (Å²) in [5.74, 6) is 2.47. The molecule has 0 bridgehead atoms. The summed E-state index contributed by atoms with van der Waals surface area (Å²) in [6.45, 7) is 0.478. The number of methoxy groups -OCH3 is 3. The van der Waals surface area contributed by atoms with E-state index in [9.17, 15) is 0 Å². The zero-order valence-electron chi connectivity index (χ0n) is 16.8. The number of nitrogen functional groups attached to an aromatic ring is 1. The van der Waals surface area contributed by atoms with Crippen molar-refractivity contribution in [1.82, 2.24) is 4.98 Å². The molecule has 1 atom stereocenters. The zero-order chi connectivity index (χ0) is 21.1. The fourth-order valence-corrected chi connectivity index (χ4v) is 4.01. The number of ether oxygens (including phenoxy) is 4. The van der Waals surface area contributed by atoms with E-state index in [1.807, 2.05) is 30.3 Å². The van der Waals surface area contributed by atoms with Crippen LogP contribution in [0, 0.1) is 0 Å². The Bertz CT molecular complexity index is 1040. The molecule has 0 unspecified atom stereocenters. The number of thiazole rings is 1. The van der Waals surface area contributed by atoms with E-state index in [1.54, 1.807) is 33.5 Å². The molecule has 2 heterocycles. The van der Waals surface area contributed by atoms with E-state index in [-0.39, 0.29) is 6.04 Å². The molecule has 8 nitrogen and oxygen atoms in total. The molecule has 0 saturated heterocycles. The standard InChI is InChI=1S/C21H22N4O4S/c1-26-15-9-13(10-16(27-2)17(15)28-3)23-21-25-19(22)18(30-21)20-24-14(11-29-20)12-7-5-4-6-8-12/h4-10,14H,11,22H2,1-3H3,(H,23,25)/t14-/m1/s1. The molecule has 0 fully saturated rings. The molecule has 0 radical (unpaired) electrons. The number of hydrogen-bond acceptors (Lipinski definition) is 9. The maximum absolute atomic E-state index is 6.15. The molecule has 156 valence electrons. The Morgan fingerprint density at radius 1 is 1.07 bits per heavy atom. The van der Waals surface area contributed by atoms with Gasteiger partial charge in [-0.05, 0) is 5.56 Å². The second-order valence-electron chi connectivity index (χ2n) is 6.44. The molecule has 4 rings (SSSR count). The summed E-state index contributed by atoms with van der Waals surface area (Å²) in [5, 5.41) is 3.84. The maximum atomic E-state index is 6.15. The summed E-state index contributed by atoms with van der Waals surface area (Å²) in [6.07, 6.45) is 0. The van der Waals surface area contributed by atoms with Gasteiger partial charge in [0.1, 0.15) is 23.3 Å². The van der Waals surface area contributed by atoms with E-state index >= 15 is 0 Å². The maximum Gasteiger partial charge on any atom is 0.231 e. The van der Waals surface area contributed by atoms with E-state index in [2.05, 4.69) is 15.3 Å². The Kier molecular flexibility index (Phi) is 5.62. The average Bonchev–Trinajstić information content (AvgIpc) is 3.40. The third-order valence-electron chi connectivity index (χ3n) is 4.60. The number of anilines is 3. The largest absolute Gasteiger partial charge is 0.493 e. The van der Waals surface area contributed by atoms with Gasteiger partial charge in [-0.3, -0.25) is 0 Å². The molecule has 9 heteroatoms. The van der Waals surface area contributed by atoms with Crippen molar-refractivity contribution in [2.24, 2.45) is 4.99 Å². The smallest absolute Gasteiger partial charge is 0.231 e. The molecule has 2 aromatic carbocycles. The van der Waals surface area contributed by atoms with Crippen LogP contribution in [0.25, 0.3) is 0 Å². The Hall–Kier alpha value is -3.46. The second kappa shape index (κ2) is 8.50. The van der Waals surface area contributed by atoms with Gasteiger partial charge in [0, 0.05) is 17.8 Å². The SMILES string of the molecule is COc1cc(Nc2nc(N)c(C3=N[C@@H](c4ccccc4)CO3)s2)cc(OC)c1OC. The third kappa shape index (κ3) is 3.84. The summed E-state index contributed by atoms with van der Waals surface area (Å²) >= 11 is 1.37. The van der Waals surface area contributed by atoms with Crippen molar-refractivity contribution in [3.05, 3.63) is 52.9 Å². The number of nitrogens with one attached hydrogen (secondary N) is 1. The van der Waals surface area contributed by atoms with Crippen molar-refractivity contribution in [1.29, 1.82) is 0 Å². The predicted octanol–water partition coefficient (Wildman–Crippen LogP) is 4.01. The monoisotopic (exact) mass is 426 g/mol. The van der Waals surface area contributed by atoms with Crippen LogP contribution in [0.5, 0.6) is 17.2 Å². The minimum Gasteiger partial charge on any atom is -0.493 e. The predicted molar refractivity (Wildman–Crippen MR) is 118 cm³/mol. The molecule has 0 saturated carbocycles. The van der Waals surface area contributed by atoms with E-state index in [0.29, 0.717) is 45.6 Å². The summed E-state index contributed by atoms with van der Waals surface area (Å²) < 4.78 is 22.0. The van der Waals surface area contributed by atoms with Crippen LogP contribution >= 0.6 is 11.3 Å². The molecule has 0 spiro atoms. The lowest BCUT2D eigenvalue weighted by Crippen LogP contribution is -2.02. The third-order valence-corrected chi connectivity index (χ3v) is 5.57. The first-order valence-electron chi connectivity index (χ1n) is 9.22. The normalized spacial score (nSPS) is 15.3. The van der Waals surface area contributed by atoms with E-state index in [0.717, 1.165) is 11.3 Å². The molecule has 0 aliphatic carbocycles. The molecule has 3 N–H and O–H groups in total. The van der Waals surface area contributed by atoms with Gasteiger partial charge in [-0.25, -0.2) is 9.98 Å². The van der Waals surface area contributed by atoms with Crippen molar-refractivity contribution in [2.45, 2.75) is 6.04 Å². The molecule has 30 heavy (non-hydrogen) atoms. The van der Waals surface area contributed by atoms with Gasteiger partial charge < -0.3 is 30.0 Å². The number of aliphatic imine (C=N–C) groups is 1. The van der Waals surface area contributed by atoms with Crippen LogP contribution in [0.3, 0.4) is 0 Å². The highest BCUT2D eigenvalue weighted by atomic mass is 32.1. The van der Waals surface area contributed by atoms with Gasteiger partial charge in [0.15, 0.2) is 16.6 Å². The topological polar surface area (TPSA) is 100 Å². The van der Waals surface area contributed by atoms with Crippen molar-refractivity contribution >= 4 is 33.9 Å². The highest BCUT2D eigenvalue weighted by Crippen LogP contribution is 2.41. The van der Waals surface area contributed by atoms with E-state index in [4.69, 9.17) is 24.7 Å². The van der Waals surface area contributed by atoms with Gasteiger partial charge in [-0.2, -0.15) is 0 Å². The minimum absolute atomic E-state index is 0.0470. The summed E-state index contributed by atoms with van der Waals surface area (Å²) in [6, 6.07) is 13.6. The second-order valence-corrected chi connectivity index (χ2v) is 7.44. The van der Waals surface area contributed by atoms with Crippen LogP contribution in [0.4, 0.5) is 16.6 Å². The van der Waals surface area contributed by atoms with Gasteiger partial charge >= 0.3 is 0 Å². The van der Waals surface area contributed by atoms with Crippen molar-refractivity contribution in [2.75, 3.05) is 39.0 Å². The van der Waals surface area contributed by atoms with Crippen LogP contribution in [-0.4, -0.2) is 38.8 Å². The summed E-state index contributed by atoms with van der Waals surface area (Å²) in [4.78, 5) is 9.80. The Labute approximate surface area is 178 Å². The first-order chi connectivity index (χ1) is 14.6. The van der Waals surface area contributed by atoms with Gasteiger partial charge in [0.2, 0.25) is 11.6 Å². The quantitative estimate of drug-likeness (QED) is 0.589. The van der Waals surface area contributed by atoms with Gasteiger partial charge in [0.05, 0.1) is 21.3 Å². The van der Waals surface area contributed by atoms with E-state index < -0.39 is 0 Å². The van der Waals surface area contributed by atoms with Crippen molar-refractivity contribution < 1.29 is 18.9 Å².